The SMILES string of the molecule is CC(C)[C@H](N)C(=O)O[C@@H](COC(=O)[C@H](N)C(C)C)C(=O)OC[C@H]1O[C@@H](n2cnc3c(=O)[nH]c(N)nc32)C[C@@H]1F. The Kier molecular flexibility index (Phi) is 9.58. The number of alkyl halides is 1. The summed E-state index contributed by atoms with van der Waals surface area (Å²) in [7, 11) is 0. The second-order valence-corrected chi connectivity index (χ2v) is 9.88. The molecule has 0 spiro atoms. The van der Waals surface area contributed by atoms with Crippen molar-refractivity contribution in [3.63, 3.8) is 0 Å². The quantitative estimate of drug-likeness (QED) is 0.199. The molecule has 3 heterocycles. The molecule has 1 aliphatic rings. The molecule has 1 fully saturated rings. The van der Waals surface area contributed by atoms with E-state index in [1.807, 2.05) is 0 Å². The summed E-state index contributed by atoms with van der Waals surface area (Å²) in [5, 5.41) is 0. The fourth-order valence-corrected chi connectivity index (χ4v) is 3.59. The normalized spacial score (nSPS) is 21.6. The van der Waals surface area contributed by atoms with Gasteiger partial charge >= 0.3 is 17.9 Å². The van der Waals surface area contributed by atoms with Gasteiger partial charge in [-0.1, -0.05) is 27.7 Å². The molecule has 15 nitrogen and oxygen atoms in total. The van der Waals surface area contributed by atoms with Gasteiger partial charge in [-0.15, -0.1) is 0 Å². The van der Waals surface area contributed by atoms with Crippen LogP contribution in [0, 0.1) is 11.8 Å². The van der Waals surface area contributed by atoms with Gasteiger partial charge in [0.15, 0.2) is 11.2 Å². The van der Waals surface area contributed by atoms with Gasteiger partial charge in [-0.25, -0.2) is 14.2 Å². The van der Waals surface area contributed by atoms with Crippen LogP contribution in [0.2, 0.25) is 0 Å². The number of hydrogen-bond donors (Lipinski definition) is 4. The van der Waals surface area contributed by atoms with Crippen LogP contribution in [0.3, 0.4) is 0 Å². The summed E-state index contributed by atoms with van der Waals surface area (Å²) in [6, 6.07) is -2.02. The Hall–Kier alpha value is -3.63. The Bertz CT molecular complexity index is 1250. The highest BCUT2D eigenvalue weighted by molar-refractivity contribution is 5.82. The molecular formula is C23H34FN7O8. The molecule has 1 saturated heterocycles. The average Bonchev–Trinajstić information content (AvgIpc) is 3.46. The number of esters is 3. The number of rotatable bonds is 11. The van der Waals surface area contributed by atoms with Gasteiger partial charge in [-0.3, -0.25) is 23.9 Å². The monoisotopic (exact) mass is 555 g/mol. The number of carbonyl (C=O) groups is 3. The van der Waals surface area contributed by atoms with E-state index in [4.69, 9.17) is 36.1 Å². The van der Waals surface area contributed by atoms with Crippen molar-refractivity contribution in [3.8, 4) is 0 Å². The van der Waals surface area contributed by atoms with E-state index >= 15 is 0 Å². The van der Waals surface area contributed by atoms with Crippen molar-refractivity contribution in [2.45, 2.75) is 70.8 Å². The van der Waals surface area contributed by atoms with E-state index < -0.39 is 73.4 Å². The molecule has 2 aromatic heterocycles. The lowest BCUT2D eigenvalue weighted by atomic mass is 10.1. The third-order valence-electron chi connectivity index (χ3n) is 6.19. The fraction of sp³-hybridized carbons (Fsp3) is 0.652. The van der Waals surface area contributed by atoms with Crippen molar-refractivity contribution in [3.05, 3.63) is 16.7 Å². The van der Waals surface area contributed by atoms with Crippen LogP contribution in [0.25, 0.3) is 11.2 Å². The van der Waals surface area contributed by atoms with Crippen molar-refractivity contribution < 1.29 is 37.7 Å². The molecule has 216 valence electrons. The molecule has 0 bridgehead atoms. The number of aromatic amines is 1. The number of carbonyl (C=O) groups excluding carboxylic acids is 3. The average molecular weight is 556 g/mol. The second-order valence-electron chi connectivity index (χ2n) is 9.88. The maximum atomic E-state index is 14.8. The third-order valence-corrected chi connectivity index (χ3v) is 6.19. The molecule has 0 radical (unpaired) electrons. The second kappa shape index (κ2) is 12.5. The number of nitrogen functional groups attached to an aromatic ring is 1. The lowest BCUT2D eigenvalue weighted by Crippen LogP contribution is -2.44. The number of anilines is 1. The minimum atomic E-state index is -1.67. The summed E-state index contributed by atoms with van der Waals surface area (Å²) < 4.78 is 37.3. The summed E-state index contributed by atoms with van der Waals surface area (Å²) in [5.74, 6) is -3.52. The van der Waals surface area contributed by atoms with Gasteiger partial charge < -0.3 is 36.1 Å². The van der Waals surface area contributed by atoms with E-state index in [-0.39, 0.29) is 35.4 Å². The van der Waals surface area contributed by atoms with Crippen LogP contribution < -0.4 is 22.8 Å². The number of aromatic nitrogens is 4. The lowest BCUT2D eigenvalue weighted by molar-refractivity contribution is -0.178. The van der Waals surface area contributed by atoms with E-state index in [0.29, 0.717) is 0 Å². The number of hydrogen-bond acceptors (Lipinski definition) is 13. The number of nitrogens with zero attached hydrogens (tertiary/aromatic N) is 3. The minimum Gasteiger partial charge on any atom is -0.460 e. The maximum Gasteiger partial charge on any atom is 0.351 e. The van der Waals surface area contributed by atoms with Crippen molar-refractivity contribution in [2.75, 3.05) is 18.9 Å². The Morgan fingerprint density at radius 1 is 1.13 bits per heavy atom. The molecule has 0 aliphatic carbocycles. The highest BCUT2D eigenvalue weighted by atomic mass is 19.1. The van der Waals surface area contributed by atoms with Crippen LogP contribution in [0.5, 0.6) is 0 Å². The molecule has 0 aromatic carbocycles. The third kappa shape index (κ3) is 7.07. The predicted octanol–water partition coefficient (Wildman–Crippen LogP) is -0.708. The summed E-state index contributed by atoms with van der Waals surface area (Å²) in [5.41, 5.74) is 16.7. The first-order valence-electron chi connectivity index (χ1n) is 12.4. The molecule has 0 unspecified atom stereocenters. The molecule has 3 rings (SSSR count). The van der Waals surface area contributed by atoms with Gasteiger partial charge in [0.05, 0.1) is 6.33 Å². The van der Waals surface area contributed by atoms with Crippen molar-refractivity contribution >= 4 is 35.0 Å². The van der Waals surface area contributed by atoms with E-state index in [0.717, 1.165) is 0 Å². The Morgan fingerprint density at radius 2 is 1.77 bits per heavy atom. The lowest BCUT2D eigenvalue weighted by Gasteiger charge is -2.22. The first-order chi connectivity index (χ1) is 18.3. The molecule has 0 saturated carbocycles. The Morgan fingerprint density at radius 3 is 2.41 bits per heavy atom. The Labute approximate surface area is 222 Å². The summed E-state index contributed by atoms with van der Waals surface area (Å²) >= 11 is 0. The molecule has 7 N–H and O–H groups in total. The summed E-state index contributed by atoms with van der Waals surface area (Å²) in [6.07, 6.45) is -4.26. The summed E-state index contributed by atoms with van der Waals surface area (Å²) in [4.78, 5) is 59.6. The minimum absolute atomic E-state index is 0.00548. The highest BCUT2D eigenvalue weighted by Gasteiger charge is 2.39. The zero-order valence-electron chi connectivity index (χ0n) is 22.0. The van der Waals surface area contributed by atoms with E-state index in [1.165, 1.54) is 10.9 Å². The van der Waals surface area contributed by atoms with Crippen LogP contribution in [0.15, 0.2) is 11.1 Å². The van der Waals surface area contributed by atoms with E-state index in [2.05, 4.69) is 15.0 Å². The number of halogens is 1. The molecule has 39 heavy (non-hydrogen) atoms. The number of H-pyrrole nitrogens is 1. The van der Waals surface area contributed by atoms with Crippen LogP contribution in [-0.4, -0.2) is 81.1 Å². The zero-order chi connectivity index (χ0) is 29.0. The fourth-order valence-electron chi connectivity index (χ4n) is 3.59. The van der Waals surface area contributed by atoms with Crippen LogP contribution in [-0.2, 0) is 33.3 Å². The van der Waals surface area contributed by atoms with Crippen LogP contribution >= 0.6 is 0 Å². The van der Waals surface area contributed by atoms with Crippen LogP contribution in [0.4, 0.5) is 10.3 Å². The standard InChI is InChI=1S/C23H34FN7O8/c1-9(2)15(25)21(34)37-7-13(39-22(35)16(26)10(3)4)20(33)36-6-12-11(24)5-14(38-12)31-8-28-17-18(31)29-23(27)30-19(17)32/h8-16H,5-7,25-26H2,1-4H3,(H3,27,29,30,32)/t11-,12+,13-,14+,15+,16-/m0/s1. The number of nitrogens with two attached hydrogens (primary N) is 3. The Balaban J connectivity index is 1.66. The predicted molar refractivity (Wildman–Crippen MR) is 133 cm³/mol. The van der Waals surface area contributed by atoms with Gasteiger partial charge in [-0.05, 0) is 11.8 Å². The molecule has 6 atom stereocenters. The van der Waals surface area contributed by atoms with Gasteiger partial charge in [-0.2, -0.15) is 4.98 Å². The topological polar surface area (TPSA) is 230 Å². The largest absolute Gasteiger partial charge is 0.460 e. The zero-order valence-corrected chi connectivity index (χ0v) is 22.0. The van der Waals surface area contributed by atoms with Crippen LogP contribution in [0.1, 0.15) is 40.3 Å². The van der Waals surface area contributed by atoms with Gasteiger partial charge in [0.25, 0.3) is 5.56 Å². The first kappa shape index (κ1) is 29.9. The van der Waals surface area contributed by atoms with Gasteiger partial charge in [0.2, 0.25) is 12.1 Å². The molecular weight excluding hydrogens is 521 g/mol. The van der Waals surface area contributed by atoms with Crippen molar-refractivity contribution in [1.82, 2.24) is 19.5 Å². The first-order valence-corrected chi connectivity index (χ1v) is 12.4. The number of imidazole rings is 1. The number of fused-ring (bicyclic) bond motifs is 1. The van der Waals surface area contributed by atoms with Crippen molar-refractivity contribution in [1.29, 1.82) is 0 Å². The number of ether oxygens (including phenoxy) is 4. The molecule has 2 aromatic rings. The van der Waals surface area contributed by atoms with Crippen molar-refractivity contribution in [2.24, 2.45) is 23.3 Å². The number of nitrogens with one attached hydrogen (secondary N) is 1. The molecule has 0 amide bonds. The molecule has 1 aliphatic heterocycles. The smallest absolute Gasteiger partial charge is 0.351 e. The summed E-state index contributed by atoms with van der Waals surface area (Å²) in [6.45, 7) is 5.54. The molecule has 16 heteroatoms. The van der Waals surface area contributed by atoms with E-state index in [1.54, 1.807) is 27.7 Å². The maximum absolute atomic E-state index is 14.8. The van der Waals surface area contributed by atoms with E-state index in [9.17, 15) is 23.6 Å². The van der Waals surface area contributed by atoms with Gasteiger partial charge in [0.1, 0.15) is 43.8 Å². The van der Waals surface area contributed by atoms with Gasteiger partial charge in [0, 0.05) is 6.42 Å². The highest BCUT2D eigenvalue weighted by Crippen LogP contribution is 2.32.